The molecule has 0 saturated carbocycles. The molecule has 0 bridgehead atoms. The van der Waals surface area contributed by atoms with Crippen LogP contribution in [0.1, 0.15) is 57.5 Å². The largest absolute Gasteiger partial charge is 0.490 e. The molecule has 2 rings (SSSR count). The molecule has 0 N–H and O–H groups in total. The van der Waals surface area contributed by atoms with Crippen LogP contribution in [0.2, 0.25) is 0 Å². The second kappa shape index (κ2) is 7.44. The summed E-state index contributed by atoms with van der Waals surface area (Å²) in [6.07, 6.45) is 3.04. The van der Waals surface area contributed by atoms with E-state index < -0.39 is 29.7 Å². The number of allylic oxidation sites excluding steroid dienone is 1. The Morgan fingerprint density at radius 1 is 1.33 bits per heavy atom. The first-order valence-corrected chi connectivity index (χ1v) is 8.86. The summed E-state index contributed by atoms with van der Waals surface area (Å²) in [5.74, 6) is -0.319. The van der Waals surface area contributed by atoms with E-state index in [2.05, 4.69) is 11.7 Å². The molecule has 146 valence electrons. The number of pyridine rings is 1. The van der Waals surface area contributed by atoms with Crippen molar-refractivity contribution in [2.24, 2.45) is 12.0 Å². The van der Waals surface area contributed by atoms with E-state index in [4.69, 9.17) is 14.0 Å². The fraction of sp³-hybridized carbons (Fsp3) is 0.526. The minimum atomic E-state index is -0.670. The number of hydrogen-bond donors (Lipinski definition) is 0. The fourth-order valence-electron chi connectivity index (χ4n) is 2.76. The first kappa shape index (κ1) is 21.1. The summed E-state index contributed by atoms with van der Waals surface area (Å²) < 4.78 is 18.6. The third kappa shape index (κ3) is 3.91. The van der Waals surface area contributed by atoms with Crippen molar-refractivity contribution in [1.82, 2.24) is 4.57 Å². The lowest BCUT2D eigenvalue weighted by molar-refractivity contribution is 0.00578. The van der Waals surface area contributed by atoms with Crippen molar-refractivity contribution in [2.75, 3.05) is 6.61 Å². The zero-order valence-corrected chi connectivity index (χ0v) is 17.1. The maximum atomic E-state index is 12.9. The highest BCUT2D eigenvalue weighted by molar-refractivity contribution is 6.55. The van der Waals surface area contributed by atoms with E-state index >= 15 is 0 Å². The Kier molecular flexibility index (Phi) is 5.82. The molecule has 7 nitrogen and oxygen atoms in total. The first-order chi connectivity index (χ1) is 12.4. The van der Waals surface area contributed by atoms with Crippen LogP contribution < -0.4 is 5.43 Å². The van der Waals surface area contributed by atoms with Crippen LogP contribution in [0.25, 0.3) is 6.08 Å². The molecular weight excluding hydrogens is 347 g/mol. The van der Waals surface area contributed by atoms with Gasteiger partial charge in [0.1, 0.15) is 11.4 Å². The van der Waals surface area contributed by atoms with E-state index in [-0.39, 0.29) is 17.7 Å². The van der Waals surface area contributed by atoms with Crippen molar-refractivity contribution in [3.8, 4) is 0 Å². The van der Waals surface area contributed by atoms with Crippen LogP contribution >= 0.6 is 0 Å². The highest BCUT2D eigenvalue weighted by Crippen LogP contribution is 2.38. The predicted octanol–water partition coefficient (Wildman–Crippen LogP) is 2.93. The Balaban J connectivity index is 2.54. The van der Waals surface area contributed by atoms with E-state index in [0.717, 1.165) is 0 Å². The van der Waals surface area contributed by atoms with Gasteiger partial charge in [-0.05, 0) is 53.7 Å². The summed E-state index contributed by atoms with van der Waals surface area (Å²) in [7, 11) is 1.08. The molecule has 8 heteroatoms. The molecule has 0 radical (unpaired) electrons. The quantitative estimate of drug-likeness (QED) is 0.450. The van der Waals surface area contributed by atoms with Crippen molar-refractivity contribution >= 4 is 31.7 Å². The molecule has 27 heavy (non-hydrogen) atoms. The zero-order chi connectivity index (χ0) is 20.6. The normalized spacial score (nSPS) is 18.5. The van der Waals surface area contributed by atoms with Gasteiger partial charge in [0.2, 0.25) is 5.43 Å². The molecular formula is C19H27BN2O5. The molecule has 0 unspecified atom stereocenters. The third-order valence-electron chi connectivity index (χ3n) is 5.03. The van der Waals surface area contributed by atoms with Gasteiger partial charge in [0, 0.05) is 13.2 Å². The summed E-state index contributed by atoms with van der Waals surface area (Å²) in [6, 6.07) is 0. The molecule has 0 aliphatic carbocycles. The second-order valence-electron chi connectivity index (χ2n) is 7.58. The van der Waals surface area contributed by atoms with Crippen LogP contribution in [0.15, 0.2) is 21.5 Å². The minimum absolute atomic E-state index is 0.0558. The molecule has 0 aromatic carbocycles. The zero-order valence-electron chi connectivity index (χ0n) is 17.1. The number of aliphatic imine (C=N–C) groups is 1. The van der Waals surface area contributed by atoms with Gasteiger partial charge in [0.15, 0.2) is 0 Å². The molecule has 0 atom stereocenters. The highest BCUT2D eigenvalue weighted by Gasteiger charge is 2.51. The van der Waals surface area contributed by atoms with Gasteiger partial charge in [-0.25, -0.2) is 9.79 Å². The Labute approximate surface area is 160 Å². The lowest BCUT2D eigenvalue weighted by Crippen LogP contribution is -2.41. The molecule has 0 amide bonds. The van der Waals surface area contributed by atoms with Crippen LogP contribution in [0.3, 0.4) is 0 Å². The van der Waals surface area contributed by atoms with E-state index in [1.807, 2.05) is 34.6 Å². The second-order valence-corrected chi connectivity index (χ2v) is 7.58. The molecule has 1 fully saturated rings. The first-order valence-electron chi connectivity index (χ1n) is 8.86. The van der Waals surface area contributed by atoms with Gasteiger partial charge >= 0.3 is 13.1 Å². The van der Waals surface area contributed by atoms with E-state index in [1.54, 1.807) is 24.6 Å². The molecule has 1 aliphatic heterocycles. The Morgan fingerprint density at radius 2 is 1.89 bits per heavy atom. The molecule has 1 aromatic rings. The van der Waals surface area contributed by atoms with Crippen molar-refractivity contribution in [3.05, 3.63) is 33.0 Å². The number of rotatable bonds is 5. The number of hydrogen-bond acceptors (Lipinski definition) is 6. The van der Waals surface area contributed by atoms with Gasteiger partial charge in [-0.3, -0.25) is 4.79 Å². The number of carbonyl (C=O) groups is 1. The van der Waals surface area contributed by atoms with Crippen molar-refractivity contribution in [2.45, 2.75) is 52.7 Å². The van der Waals surface area contributed by atoms with Crippen LogP contribution in [0.4, 0.5) is 5.82 Å². The van der Waals surface area contributed by atoms with Gasteiger partial charge in [0.05, 0.1) is 23.4 Å². The molecule has 2 heterocycles. The van der Waals surface area contributed by atoms with E-state index in [0.29, 0.717) is 11.3 Å². The lowest BCUT2D eigenvalue weighted by atomic mass is 9.78. The van der Waals surface area contributed by atoms with Gasteiger partial charge < -0.3 is 18.6 Å². The average molecular weight is 374 g/mol. The molecule has 0 spiro atoms. The Morgan fingerprint density at radius 3 is 2.37 bits per heavy atom. The van der Waals surface area contributed by atoms with Crippen molar-refractivity contribution < 1.29 is 18.8 Å². The maximum Gasteiger partial charge on any atom is 0.490 e. The van der Waals surface area contributed by atoms with Crippen LogP contribution in [-0.2, 0) is 21.1 Å². The third-order valence-corrected chi connectivity index (χ3v) is 5.03. The number of ether oxygens (including phenoxy) is 1. The smallest absolute Gasteiger partial charge is 0.462 e. The Bertz CT molecular complexity index is 838. The summed E-state index contributed by atoms with van der Waals surface area (Å²) >= 11 is 0. The van der Waals surface area contributed by atoms with Gasteiger partial charge in [-0.2, -0.15) is 0 Å². The summed E-state index contributed by atoms with van der Waals surface area (Å²) in [5.41, 5.74) is -0.583. The summed E-state index contributed by atoms with van der Waals surface area (Å²) in [4.78, 5) is 29.0. The molecule has 1 aromatic heterocycles. The minimum Gasteiger partial charge on any atom is -0.462 e. The standard InChI is InChI=1S/C19H27BN2O5/c1-9-25-17(24)14-11-22(8)16(21-7)13(15(14)23)10-12(2)20-26-18(3,4)19(5,6)27-20/h10-11H,7,9H2,1-6,8H3/b12-10+. The van der Waals surface area contributed by atoms with Crippen LogP contribution in [0.5, 0.6) is 0 Å². The summed E-state index contributed by atoms with van der Waals surface area (Å²) in [5, 5.41) is 0. The van der Waals surface area contributed by atoms with Crippen molar-refractivity contribution in [1.29, 1.82) is 0 Å². The topological polar surface area (TPSA) is 79.1 Å². The fourth-order valence-corrected chi connectivity index (χ4v) is 2.76. The lowest BCUT2D eigenvalue weighted by Gasteiger charge is -2.32. The number of carbonyl (C=O) groups excluding carboxylic acids is 1. The van der Waals surface area contributed by atoms with E-state index in [1.165, 1.54) is 6.20 Å². The van der Waals surface area contributed by atoms with Gasteiger partial charge in [0.25, 0.3) is 0 Å². The number of aryl methyl sites for hydroxylation is 1. The van der Waals surface area contributed by atoms with Crippen molar-refractivity contribution in [3.63, 3.8) is 0 Å². The van der Waals surface area contributed by atoms with Gasteiger partial charge in [-0.15, -0.1) is 0 Å². The number of nitrogens with zero attached hydrogens (tertiary/aromatic N) is 2. The molecule has 1 aliphatic rings. The SMILES string of the molecule is C=Nc1c(/C=C(\C)B2OC(C)(C)C(C)(C)O2)c(=O)c(C(=O)OCC)cn1C. The number of aromatic nitrogens is 1. The highest BCUT2D eigenvalue weighted by atomic mass is 16.7. The number of esters is 1. The Hall–Kier alpha value is -2.19. The summed E-state index contributed by atoms with van der Waals surface area (Å²) in [6.45, 7) is 15.0. The van der Waals surface area contributed by atoms with E-state index in [9.17, 15) is 9.59 Å². The average Bonchev–Trinajstić information content (AvgIpc) is 2.79. The van der Waals surface area contributed by atoms with Crippen LogP contribution in [-0.4, -0.2) is 42.2 Å². The molecule has 1 saturated heterocycles. The van der Waals surface area contributed by atoms with Gasteiger partial charge in [-0.1, -0.05) is 6.08 Å². The van der Waals surface area contributed by atoms with Crippen LogP contribution in [0, 0.1) is 0 Å². The maximum absolute atomic E-state index is 12.9. The predicted molar refractivity (Wildman–Crippen MR) is 107 cm³/mol. The monoisotopic (exact) mass is 374 g/mol.